The van der Waals surface area contributed by atoms with E-state index in [9.17, 15) is 0 Å². The first kappa shape index (κ1) is 18.3. The Morgan fingerprint density at radius 2 is 0.900 bits per heavy atom. The van der Waals surface area contributed by atoms with Crippen LogP contribution in [0, 0.1) is 5.54 Å². The van der Waals surface area contributed by atoms with Gasteiger partial charge in [0, 0.05) is 0 Å². The molecular weight excluding hydrogens is 256 g/mol. The third kappa shape index (κ3) is 4.12. The first-order valence-corrected chi connectivity index (χ1v) is 11.5. The van der Waals surface area contributed by atoms with E-state index < -0.39 is 8.07 Å². The molecule has 0 amide bonds. The van der Waals surface area contributed by atoms with Crippen molar-refractivity contribution in [3.63, 3.8) is 0 Å². The van der Waals surface area contributed by atoms with Crippen molar-refractivity contribution >= 4 is 8.07 Å². The SMILES string of the molecule is CC(C)(C)[Si](C)([C]1CCCCCCCCC1)C(C)(C)C. The van der Waals surface area contributed by atoms with Crippen LogP contribution in [0.2, 0.25) is 16.6 Å². The quantitative estimate of drug-likeness (QED) is 0.445. The predicted octanol–water partition coefficient (Wildman–Crippen LogP) is 7.30. The molecule has 0 aromatic rings. The third-order valence-electron chi connectivity index (χ3n) is 6.16. The monoisotopic (exact) mass is 295 g/mol. The molecule has 1 rings (SSSR count). The molecule has 1 aliphatic rings. The van der Waals surface area contributed by atoms with Gasteiger partial charge in [0.25, 0.3) is 0 Å². The fourth-order valence-corrected chi connectivity index (χ4v) is 10.1. The zero-order valence-corrected chi connectivity index (χ0v) is 16.4. The van der Waals surface area contributed by atoms with Gasteiger partial charge < -0.3 is 0 Å². The minimum atomic E-state index is -1.43. The van der Waals surface area contributed by atoms with Crippen molar-refractivity contribution in [3.05, 3.63) is 5.54 Å². The van der Waals surface area contributed by atoms with Gasteiger partial charge in [0.1, 0.15) is 0 Å². The molecule has 0 saturated heterocycles. The lowest BCUT2D eigenvalue weighted by Crippen LogP contribution is -2.54. The first-order valence-electron chi connectivity index (χ1n) is 8.96. The maximum Gasteiger partial charge on any atom is 0.0677 e. The highest BCUT2D eigenvalue weighted by atomic mass is 28.3. The molecule has 0 unspecified atom stereocenters. The van der Waals surface area contributed by atoms with E-state index >= 15 is 0 Å². The molecule has 0 heterocycles. The highest BCUT2D eigenvalue weighted by molar-refractivity contribution is 6.88. The maximum atomic E-state index is 2.69. The van der Waals surface area contributed by atoms with E-state index in [1.165, 1.54) is 57.8 Å². The van der Waals surface area contributed by atoms with Crippen LogP contribution in [0.4, 0.5) is 0 Å². The van der Waals surface area contributed by atoms with Crippen molar-refractivity contribution in [2.45, 2.75) is 116 Å². The van der Waals surface area contributed by atoms with Crippen LogP contribution in [0.15, 0.2) is 0 Å². The van der Waals surface area contributed by atoms with Crippen LogP contribution in [0.5, 0.6) is 0 Å². The second-order valence-electron chi connectivity index (χ2n) is 9.20. The zero-order valence-electron chi connectivity index (χ0n) is 15.4. The second-order valence-corrected chi connectivity index (χ2v) is 15.2. The molecule has 119 valence electrons. The summed E-state index contributed by atoms with van der Waals surface area (Å²) in [6.45, 7) is 17.8. The molecule has 1 radical (unpaired) electrons. The Hall–Kier alpha value is 0.217. The normalized spacial score (nSPS) is 21.8. The Kier molecular flexibility index (Phi) is 6.38. The van der Waals surface area contributed by atoms with Gasteiger partial charge in [-0.2, -0.15) is 0 Å². The fraction of sp³-hybridized carbons (Fsp3) is 0.947. The van der Waals surface area contributed by atoms with Crippen molar-refractivity contribution in [2.24, 2.45) is 0 Å². The molecule has 0 atom stereocenters. The summed E-state index contributed by atoms with van der Waals surface area (Å²) >= 11 is 0. The summed E-state index contributed by atoms with van der Waals surface area (Å²) in [5.74, 6) is 0. The lowest BCUT2D eigenvalue weighted by Gasteiger charge is -2.54. The zero-order chi connectivity index (χ0) is 15.4. The van der Waals surface area contributed by atoms with E-state index in [0.717, 1.165) is 0 Å². The summed E-state index contributed by atoms with van der Waals surface area (Å²) in [4.78, 5) is 0. The summed E-state index contributed by atoms with van der Waals surface area (Å²) in [6, 6.07) is 0. The third-order valence-corrected chi connectivity index (χ3v) is 14.1. The summed E-state index contributed by atoms with van der Waals surface area (Å²) in [5, 5.41) is 0.954. The topological polar surface area (TPSA) is 0 Å². The smallest absolute Gasteiger partial charge is 0.0677 e. The van der Waals surface area contributed by atoms with Crippen molar-refractivity contribution < 1.29 is 0 Å². The highest BCUT2D eigenvalue weighted by Crippen LogP contribution is 2.57. The molecule has 0 bridgehead atoms. The van der Waals surface area contributed by atoms with Gasteiger partial charge in [-0.3, -0.25) is 0 Å². The lowest BCUT2D eigenvalue weighted by molar-refractivity contribution is 0.519. The van der Waals surface area contributed by atoms with Gasteiger partial charge in [-0.1, -0.05) is 93.0 Å². The predicted molar refractivity (Wildman–Crippen MR) is 95.8 cm³/mol. The molecule has 1 fully saturated rings. The Balaban J connectivity index is 2.97. The van der Waals surface area contributed by atoms with Crippen molar-refractivity contribution in [1.82, 2.24) is 0 Å². The number of hydrogen-bond acceptors (Lipinski definition) is 0. The van der Waals surface area contributed by atoms with E-state index in [1.807, 2.05) is 5.54 Å². The van der Waals surface area contributed by atoms with Crippen LogP contribution in [0.3, 0.4) is 0 Å². The molecule has 0 aromatic heterocycles. The Bertz CT molecular complexity index is 255. The van der Waals surface area contributed by atoms with Crippen LogP contribution in [0.1, 0.15) is 99.3 Å². The average Bonchev–Trinajstić information content (AvgIpc) is 2.32. The van der Waals surface area contributed by atoms with Crippen LogP contribution in [0.25, 0.3) is 0 Å². The van der Waals surface area contributed by atoms with E-state index in [-0.39, 0.29) is 0 Å². The van der Waals surface area contributed by atoms with Crippen LogP contribution >= 0.6 is 0 Å². The molecule has 1 heteroatoms. The second kappa shape index (κ2) is 6.98. The first-order chi connectivity index (χ1) is 9.11. The summed E-state index contributed by atoms with van der Waals surface area (Å²) in [6.07, 6.45) is 13.1. The van der Waals surface area contributed by atoms with E-state index in [1.54, 1.807) is 0 Å². The summed E-state index contributed by atoms with van der Waals surface area (Å²) < 4.78 is 0. The minimum absolute atomic E-state index is 0.477. The van der Waals surface area contributed by atoms with E-state index in [4.69, 9.17) is 0 Å². The lowest BCUT2D eigenvalue weighted by atomic mass is 10.0. The molecular formula is C19H39Si. The largest absolute Gasteiger partial charge is 0.0680 e. The Labute approximate surface area is 130 Å². The van der Waals surface area contributed by atoms with Gasteiger partial charge in [0.2, 0.25) is 0 Å². The maximum absolute atomic E-state index is 2.69. The van der Waals surface area contributed by atoms with Crippen molar-refractivity contribution in [3.8, 4) is 0 Å². The van der Waals surface area contributed by atoms with Gasteiger partial charge in [-0.25, -0.2) is 0 Å². The number of hydrogen-bond donors (Lipinski definition) is 0. The number of rotatable bonds is 1. The van der Waals surface area contributed by atoms with Crippen molar-refractivity contribution in [1.29, 1.82) is 0 Å². The van der Waals surface area contributed by atoms with Crippen LogP contribution in [-0.4, -0.2) is 8.07 Å². The molecule has 20 heavy (non-hydrogen) atoms. The van der Waals surface area contributed by atoms with Gasteiger partial charge in [-0.15, -0.1) is 0 Å². The molecule has 1 saturated carbocycles. The molecule has 0 aliphatic heterocycles. The van der Waals surface area contributed by atoms with Gasteiger partial charge >= 0.3 is 0 Å². The molecule has 1 aliphatic carbocycles. The average molecular weight is 296 g/mol. The molecule has 0 N–H and O–H groups in total. The van der Waals surface area contributed by atoms with Crippen molar-refractivity contribution in [2.75, 3.05) is 0 Å². The summed E-state index contributed by atoms with van der Waals surface area (Å²) in [7, 11) is -1.43. The van der Waals surface area contributed by atoms with Gasteiger partial charge in [-0.05, 0) is 28.5 Å². The Morgan fingerprint density at radius 1 is 0.600 bits per heavy atom. The standard InChI is InChI=1S/C19H39Si/c1-18(2,3)20(7,19(4,5)6)17-15-13-11-9-8-10-12-14-16-17/h8-16H2,1-7H3. The van der Waals surface area contributed by atoms with E-state index in [2.05, 4.69) is 48.1 Å². The van der Waals surface area contributed by atoms with Crippen LogP contribution in [-0.2, 0) is 0 Å². The Morgan fingerprint density at radius 3 is 1.20 bits per heavy atom. The fourth-order valence-electron chi connectivity index (χ4n) is 4.37. The molecule has 0 aromatic carbocycles. The molecule has 0 spiro atoms. The molecule has 0 nitrogen and oxygen atoms in total. The van der Waals surface area contributed by atoms with E-state index in [0.29, 0.717) is 10.1 Å². The van der Waals surface area contributed by atoms with Crippen LogP contribution < -0.4 is 0 Å². The summed E-state index contributed by atoms with van der Waals surface area (Å²) in [5.41, 5.74) is 2.00. The van der Waals surface area contributed by atoms with Gasteiger partial charge in [0.05, 0.1) is 8.07 Å². The highest BCUT2D eigenvalue weighted by Gasteiger charge is 2.53. The minimum Gasteiger partial charge on any atom is -0.0680 e. The van der Waals surface area contributed by atoms with Gasteiger partial charge in [0.15, 0.2) is 0 Å².